The molecule has 1 N–H and O–H groups in total. The van der Waals surface area contributed by atoms with E-state index in [4.69, 9.17) is 0 Å². The van der Waals surface area contributed by atoms with Gasteiger partial charge < -0.3 is 15.1 Å². The molecule has 2 aromatic rings. The van der Waals surface area contributed by atoms with Crippen molar-refractivity contribution < 1.29 is 9.59 Å². The molecule has 2 amide bonds. The van der Waals surface area contributed by atoms with Crippen LogP contribution in [0.2, 0.25) is 0 Å². The van der Waals surface area contributed by atoms with Crippen LogP contribution in [0.25, 0.3) is 0 Å². The van der Waals surface area contributed by atoms with Crippen molar-refractivity contribution in [1.82, 2.24) is 15.1 Å². The van der Waals surface area contributed by atoms with Crippen LogP contribution in [0, 0.1) is 5.92 Å². The number of carbonyl (C=O) groups excluding carboxylic acids is 2. The molecule has 1 aromatic carbocycles. The van der Waals surface area contributed by atoms with Crippen LogP contribution in [-0.4, -0.2) is 54.3 Å². The van der Waals surface area contributed by atoms with Gasteiger partial charge in [-0.25, -0.2) is 0 Å². The van der Waals surface area contributed by atoms with Gasteiger partial charge in [-0.3, -0.25) is 9.59 Å². The fourth-order valence-electron chi connectivity index (χ4n) is 3.85. The van der Waals surface area contributed by atoms with Crippen molar-refractivity contribution in [3.8, 4) is 0 Å². The number of hydrogen-bond acceptors (Lipinski definition) is 4. The highest BCUT2D eigenvalue weighted by Crippen LogP contribution is 2.24. The first-order valence-electron chi connectivity index (χ1n) is 10.8. The van der Waals surface area contributed by atoms with Gasteiger partial charge in [0, 0.05) is 32.2 Å². The lowest BCUT2D eigenvalue weighted by atomic mass is 9.93. The minimum Gasteiger partial charge on any atom is -0.338 e. The molecule has 0 saturated carbocycles. The summed E-state index contributed by atoms with van der Waals surface area (Å²) in [7, 11) is 0. The largest absolute Gasteiger partial charge is 0.338 e. The number of benzene rings is 1. The number of rotatable bonds is 7. The van der Waals surface area contributed by atoms with E-state index in [-0.39, 0.29) is 17.9 Å². The molecule has 5 nitrogen and oxygen atoms in total. The van der Waals surface area contributed by atoms with Gasteiger partial charge >= 0.3 is 0 Å². The van der Waals surface area contributed by atoms with E-state index < -0.39 is 0 Å². The third kappa shape index (κ3) is 5.49. The SMILES string of the molecule is CC(C)c1ccc([C@@H](NCC(=O)N2CCN(C(=O)c3cccs3)CC2)C(C)C)cc1. The molecule has 1 aliphatic heterocycles. The van der Waals surface area contributed by atoms with Gasteiger partial charge in [-0.1, -0.05) is 58.0 Å². The van der Waals surface area contributed by atoms with Crippen molar-refractivity contribution in [3.05, 3.63) is 57.8 Å². The topological polar surface area (TPSA) is 52.7 Å². The molecule has 0 unspecified atom stereocenters. The predicted octanol–water partition coefficient (Wildman–Crippen LogP) is 4.14. The van der Waals surface area contributed by atoms with Gasteiger partial charge in [0.15, 0.2) is 0 Å². The highest BCUT2D eigenvalue weighted by atomic mass is 32.1. The Bertz CT molecular complexity index is 823. The zero-order valence-electron chi connectivity index (χ0n) is 18.4. The zero-order valence-corrected chi connectivity index (χ0v) is 19.2. The van der Waals surface area contributed by atoms with Gasteiger partial charge in [-0.05, 0) is 34.4 Å². The van der Waals surface area contributed by atoms with Crippen LogP contribution in [-0.2, 0) is 4.79 Å². The average molecular weight is 428 g/mol. The first kappa shape index (κ1) is 22.5. The van der Waals surface area contributed by atoms with Gasteiger partial charge in [0.1, 0.15) is 0 Å². The monoisotopic (exact) mass is 427 g/mol. The highest BCUT2D eigenvalue weighted by Gasteiger charge is 2.26. The Morgan fingerprint density at radius 1 is 0.933 bits per heavy atom. The van der Waals surface area contributed by atoms with Crippen LogP contribution in [0.3, 0.4) is 0 Å². The lowest BCUT2D eigenvalue weighted by molar-refractivity contribution is -0.131. The van der Waals surface area contributed by atoms with Gasteiger partial charge in [-0.15, -0.1) is 11.3 Å². The molecule has 1 aliphatic rings. The average Bonchev–Trinajstić information content (AvgIpc) is 3.28. The number of nitrogens with zero attached hydrogens (tertiary/aromatic N) is 2. The number of thiophene rings is 1. The molecule has 30 heavy (non-hydrogen) atoms. The van der Waals surface area contributed by atoms with Gasteiger partial charge in [0.05, 0.1) is 11.4 Å². The maximum absolute atomic E-state index is 12.8. The van der Waals surface area contributed by atoms with E-state index in [1.807, 2.05) is 27.3 Å². The summed E-state index contributed by atoms with van der Waals surface area (Å²) in [4.78, 5) is 29.7. The lowest BCUT2D eigenvalue weighted by Gasteiger charge is -2.35. The molecule has 3 rings (SSSR count). The van der Waals surface area contributed by atoms with Crippen LogP contribution >= 0.6 is 11.3 Å². The van der Waals surface area contributed by atoms with E-state index in [0.29, 0.717) is 44.6 Å². The van der Waals surface area contributed by atoms with E-state index in [1.165, 1.54) is 22.5 Å². The van der Waals surface area contributed by atoms with Gasteiger partial charge in [0.25, 0.3) is 5.91 Å². The quantitative estimate of drug-likeness (QED) is 0.722. The number of carbonyl (C=O) groups is 2. The van der Waals surface area contributed by atoms with E-state index in [2.05, 4.69) is 57.3 Å². The Kier molecular flexibility index (Phi) is 7.67. The smallest absolute Gasteiger partial charge is 0.264 e. The maximum Gasteiger partial charge on any atom is 0.264 e. The summed E-state index contributed by atoms with van der Waals surface area (Å²) < 4.78 is 0. The highest BCUT2D eigenvalue weighted by molar-refractivity contribution is 7.12. The molecular formula is C24H33N3O2S. The number of piperazine rings is 1. The fraction of sp³-hybridized carbons (Fsp3) is 0.500. The van der Waals surface area contributed by atoms with Crippen LogP contribution in [0.4, 0.5) is 0 Å². The summed E-state index contributed by atoms with van der Waals surface area (Å²) in [5.74, 6) is 1.06. The van der Waals surface area contributed by atoms with Crippen molar-refractivity contribution in [2.45, 2.75) is 39.7 Å². The second-order valence-corrected chi connectivity index (χ2v) is 9.52. The number of nitrogens with one attached hydrogen (secondary N) is 1. The van der Waals surface area contributed by atoms with E-state index in [1.54, 1.807) is 0 Å². The molecule has 1 saturated heterocycles. The number of hydrogen-bond donors (Lipinski definition) is 1. The maximum atomic E-state index is 12.8. The van der Waals surface area contributed by atoms with Crippen molar-refractivity contribution in [1.29, 1.82) is 0 Å². The summed E-state index contributed by atoms with van der Waals surface area (Å²) in [6.07, 6.45) is 0. The third-order valence-corrected chi connectivity index (χ3v) is 6.61. The molecule has 0 bridgehead atoms. The predicted molar refractivity (Wildman–Crippen MR) is 123 cm³/mol. The van der Waals surface area contributed by atoms with Crippen LogP contribution in [0.5, 0.6) is 0 Å². The third-order valence-electron chi connectivity index (χ3n) is 5.75. The Morgan fingerprint density at radius 2 is 1.53 bits per heavy atom. The summed E-state index contributed by atoms with van der Waals surface area (Å²) in [5, 5.41) is 5.38. The second kappa shape index (κ2) is 10.2. The molecule has 6 heteroatoms. The molecule has 0 spiro atoms. The second-order valence-electron chi connectivity index (χ2n) is 8.57. The molecule has 0 radical (unpaired) electrons. The van der Waals surface area contributed by atoms with E-state index >= 15 is 0 Å². The minimum atomic E-state index is 0.0694. The van der Waals surface area contributed by atoms with Crippen molar-refractivity contribution >= 4 is 23.2 Å². The summed E-state index contributed by atoms with van der Waals surface area (Å²) in [6, 6.07) is 12.6. The van der Waals surface area contributed by atoms with E-state index in [9.17, 15) is 9.59 Å². The van der Waals surface area contributed by atoms with Crippen molar-refractivity contribution in [3.63, 3.8) is 0 Å². The molecule has 1 fully saturated rings. The Hall–Kier alpha value is -2.18. The Balaban J connectivity index is 1.52. The summed E-state index contributed by atoms with van der Waals surface area (Å²) in [6.45, 7) is 11.4. The fourth-order valence-corrected chi connectivity index (χ4v) is 4.54. The number of amides is 2. The van der Waals surface area contributed by atoms with E-state index in [0.717, 1.165) is 4.88 Å². The van der Waals surface area contributed by atoms with Gasteiger partial charge in [0.2, 0.25) is 5.91 Å². The summed E-state index contributed by atoms with van der Waals surface area (Å²) >= 11 is 1.46. The molecule has 162 valence electrons. The molecule has 1 atom stereocenters. The molecular weight excluding hydrogens is 394 g/mol. The summed E-state index contributed by atoms with van der Waals surface area (Å²) in [5.41, 5.74) is 2.54. The Labute approximate surface area is 184 Å². The molecule has 0 aliphatic carbocycles. The first-order chi connectivity index (χ1) is 14.4. The molecule has 2 heterocycles. The zero-order chi connectivity index (χ0) is 21.7. The van der Waals surface area contributed by atoms with Crippen LogP contribution < -0.4 is 5.32 Å². The van der Waals surface area contributed by atoms with Gasteiger partial charge in [-0.2, -0.15) is 0 Å². The standard InChI is InChI=1S/C24H33N3O2S/c1-17(2)19-7-9-20(10-8-19)23(18(3)4)25-16-22(28)26-11-13-27(14-12-26)24(29)21-6-5-15-30-21/h5-10,15,17-18,23,25H,11-14,16H2,1-4H3/t23-/m0/s1. The van der Waals surface area contributed by atoms with Crippen molar-refractivity contribution in [2.75, 3.05) is 32.7 Å². The van der Waals surface area contributed by atoms with Crippen molar-refractivity contribution in [2.24, 2.45) is 5.92 Å². The first-order valence-corrected chi connectivity index (χ1v) is 11.7. The lowest BCUT2D eigenvalue weighted by Crippen LogP contribution is -2.52. The normalized spacial score (nSPS) is 15.7. The minimum absolute atomic E-state index is 0.0694. The van der Waals surface area contributed by atoms with Crippen LogP contribution in [0.1, 0.15) is 60.5 Å². The Morgan fingerprint density at radius 3 is 2.07 bits per heavy atom. The van der Waals surface area contributed by atoms with Crippen LogP contribution in [0.15, 0.2) is 41.8 Å². The molecule has 1 aromatic heterocycles.